The average molecular weight is 2280 g/mol. The third-order valence-electron chi connectivity index (χ3n) is 24.5. The van der Waals surface area contributed by atoms with Crippen LogP contribution in [0.2, 0.25) is 0 Å². The number of hydrogen-bond donors (Lipinski definition) is 2. The van der Waals surface area contributed by atoms with Gasteiger partial charge in [-0.3, -0.25) is 27.9 Å². The molecule has 14 aromatic rings. The SMILES string of the molecule is BrC1CCCC1.C1CCCC1.C1CCCC1.CC(=O)O.CC(=O)O.CC(C)c1cc(B2OC(C)(C)C(C)(C)O2)cc(C(C)C)c1-n1ccnc1-c1cccc(Oc2ccc3c4ccccc4n(-c4ccccn4)c3c2)c1.CC(C)c1cc(C2CCCC2)cc(C(C)C)c1-n1ccnc1-c1cccc(Oc2ccc3c4ccccc4n(-c4ccccn4)c3c2)c1.[CH3-].[CH3-].[CH3-].[CH3-].[Os+2].[Os+2].[Pd]. The molecule has 5 aliphatic rings. The quantitative estimate of drug-likeness (QED) is 0.0531. The molecule has 4 saturated carbocycles. The minimum atomic E-state index is -0.833. The molecule has 0 amide bonds. The number of para-hydroxylation sites is 2. The van der Waals surface area contributed by atoms with Crippen LogP contribution in [0.5, 0.6) is 23.0 Å². The Morgan fingerprint density at radius 1 is 0.405 bits per heavy atom. The van der Waals surface area contributed by atoms with E-state index in [9.17, 15) is 0 Å². The number of rotatable bonds is 16. The molecule has 4 aliphatic carbocycles. The van der Waals surface area contributed by atoms with E-state index in [1.807, 2.05) is 85.5 Å². The van der Waals surface area contributed by atoms with Crippen molar-refractivity contribution in [3.8, 4) is 68.8 Å². The van der Waals surface area contributed by atoms with Crippen LogP contribution in [0.4, 0.5) is 0 Å². The Morgan fingerprint density at radius 2 is 0.733 bits per heavy atom. The Bertz CT molecular complexity index is 5810. The van der Waals surface area contributed by atoms with Crippen LogP contribution in [0.25, 0.3) is 89.4 Å². The summed E-state index contributed by atoms with van der Waals surface area (Å²) in [6, 6.07) is 67.5. The standard InChI is InChI=1S/C44H45BN4O3.C43H42N4O.C5H9Br.2C5H10.2C2H4O2.4CH3.2Os.Pd/c1-28(2)36-25-31(45-51-43(5,6)44(7,8)52-45)26-37(29(3)4)41(36)48-23-22-47-42(48)30-14-13-15-32(24-30)50-33-19-20-35-34-16-9-10-17-38(34)49(39(35)27-33)40-18-11-12-21-46-40;1-28(2)37-25-32(30-12-5-6-13-30)26-38(29(3)4)42(37)46-23-22-45-43(46)31-14-11-15-33(24-31)48-34-19-20-36-35-16-7-8-17-39(35)47(40(36)27-34)41-18-9-10-21-44-41;6-5-3-1-2-4-5;2*1-2-4-5-3-1;2*1-2(3)4;;;;;;;/h9-29H,1-8H3;7-11,14-30H,5-6,12-13H2,1-4H3;5H,1-4H2;2*1-5H2;2*1H3,(H,3,4);4*1H3;;;/q;;;;;;;4*-1;2*+2;. The average Bonchev–Trinajstić information content (AvgIpc) is 1.55. The van der Waals surface area contributed by atoms with Crippen molar-refractivity contribution in [2.24, 2.45) is 0 Å². The zero-order valence-corrected chi connectivity index (χ0v) is 88.3. The second-order valence-corrected chi connectivity index (χ2v) is 37.0. The van der Waals surface area contributed by atoms with Crippen LogP contribution in [0.1, 0.15) is 270 Å². The predicted molar refractivity (Wildman–Crippen MR) is 538 cm³/mol. The number of aromatic nitrogens is 8. The van der Waals surface area contributed by atoms with Gasteiger partial charge in [0.1, 0.15) is 46.3 Å². The van der Waals surface area contributed by atoms with Gasteiger partial charge in [0.25, 0.3) is 11.9 Å². The maximum Gasteiger partial charge on any atom is 2.00 e. The molecule has 0 spiro atoms. The fourth-order valence-electron chi connectivity index (χ4n) is 17.5. The van der Waals surface area contributed by atoms with E-state index in [1.165, 1.54) is 165 Å². The van der Waals surface area contributed by atoms with Crippen LogP contribution in [-0.2, 0) is 78.9 Å². The monoisotopic (exact) mass is 2280 g/mol. The molecule has 2 N–H and O–H groups in total. The Labute approximate surface area is 829 Å². The molecule has 5 fully saturated rings. The number of aliphatic carboxylic acids is 2. The number of halogens is 1. The number of hydrogen-bond acceptors (Lipinski definition) is 10. The van der Waals surface area contributed by atoms with E-state index < -0.39 is 30.3 Å². The smallest absolute Gasteiger partial charge is 0.481 e. The summed E-state index contributed by atoms with van der Waals surface area (Å²) in [5.74, 6) is 6.82. The maximum atomic E-state index is 9.00. The fourth-order valence-corrected chi connectivity index (χ4v) is 18.2. The zero-order chi connectivity index (χ0) is 87.8. The van der Waals surface area contributed by atoms with Crippen LogP contribution < -0.4 is 14.9 Å². The number of alkyl halides is 1. The van der Waals surface area contributed by atoms with Gasteiger partial charge in [-0.05, 0) is 201 Å². The number of carboxylic acids is 2. The number of carbonyl (C=O) groups is 2. The van der Waals surface area contributed by atoms with Gasteiger partial charge in [0.15, 0.2) is 0 Å². The normalized spacial score (nSPS) is 14.5. The largest absolute Gasteiger partial charge is 2.00 e. The van der Waals surface area contributed by atoms with E-state index in [4.69, 9.17) is 48.6 Å². The molecule has 19 rings (SSSR count). The number of benzene rings is 8. The fraction of sp³-hybridized carbons (Fsp3) is 0.364. The molecule has 6 aromatic heterocycles. The minimum Gasteiger partial charge on any atom is -0.481 e. The van der Waals surface area contributed by atoms with Crippen molar-refractivity contribution in [2.45, 2.75) is 258 Å². The van der Waals surface area contributed by atoms with Gasteiger partial charge in [0.05, 0.1) is 44.6 Å². The van der Waals surface area contributed by atoms with Gasteiger partial charge in [-0.25, -0.2) is 19.9 Å². The number of nitrogens with zero attached hydrogens (tertiary/aromatic N) is 8. The third kappa shape index (κ3) is 27.4. The molecular weight excluding hydrogens is 2140 g/mol. The third-order valence-corrected chi connectivity index (χ3v) is 25.4. The molecule has 0 atom stereocenters. The summed E-state index contributed by atoms with van der Waals surface area (Å²) in [4.78, 5) is 38.0. The van der Waals surface area contributed by atoms with Crippen LogP contribution in [0.3, 0.4) is 0 Å². The molecule has 0 unspecified atom stereocenters. The Balaban J connectivity index is 0.000000308. The van der Waals surface area contributed by atoms with Gasteiger partial charge in [-0.15, -0.1) is 0 Å². The molecule has 7 heterocycles. The van der Waals surface area contributed by atoms with Gasteiger partial charge in [0, 0.05) is 121 Å². The Kier molecular flexibility index (Phi) is 43.5. The molecule has 8 aromatic carbocycles. The Hall–Kier alpha value is -8.98. The number of imidazole rings is 2. The van der Waals surface area contributed by atoms with Crippen molar-refractivity contribution in [1.29, 1.82) is 0 Å². The van der Waals surface area contributed by atoms with E-state index in [1.54, 1.807) is 0 Å². The number of fused-ring (bicyclic) bond motifs is 6. The van der Waals surface area contributed by atoms with Crippen LogP contribution >= 0.6 is 15.9 Å². The molecule has 1 saturated heterocycles. The topological polar surface area (TPSA) is 183 Å². The summed E-state index contributed by atoms with van der Waals surface area (Å²) in [7, 11) is -0.436. The minimum absolute atomic E-state index is 0. The van der Waals surface area contributed by atoms with Crippen LogP contribution in [-0.4, -0.2) is 83.5 Å². The molecule has 21 heteroatoms. The first kappa shape index (κ1) is 111. The van der Waals surface area contributed by atoms with Crippen LogP contribution in [0, 0.1) is 29.7 Å². The molecule has 0 radical (unpaired) electrons. The first-order chi connectivity index (χ1) is 59.7. The predicted octanol–water partition coefficient (Wildman–Crippen LogP) is 30.3. The second kappa shape index (κ2) is 51.5. The molecule has 131 heavy (non-hydrogen) atoms. The van der Waals surface area contributed by atoms with Crippen molar-refractivity contribution >= 4 is 84.1 Å². The summed E-state index contributed by atoms with van der Waals surface area (Å²) in [5, 5.41) is 19.5. The molecular formula is C110H136BBrN8O8Os2Pd. The number of carboxylic acid groups (broad SMARTS) is 2. The van der Waals surface area contributed by atoms with Crippen molar-refractivity contribution in [2.75, 3.05) is 0 Å². The summed E-state index contributed by atoms with van der Waals surface area (Å²) >= 11 is 3.54. The van der Waals surface area contributed by atoms with Gasteiger partial charge >= 0.3 is 46.7 Å². The van der Waals surface area contributed by atoms with Gasteiger partial charge in [-0.1, -0.05) is 258 Å². The first-order valence-corrected chi connectivity index (χ1v) is 45.9. The van der Waals surface area contributed by atoms with Crippen molar-refractivity contribution in [1.82, 2.24) is 38.2 Å². The summed E-state index contributed by atoms with van der Waals surface area (Å²) in [5.41, 5.74) is 15.7. The molecule has 700 valence electrons. The van der Waals surface area contributed by atoms with E-state index >= 15 is 0 Å². The number of ether oxygens (including phenoxy) is 2. The van der Waals surface area contributed by atoms with Crippen LogP contribution in [0.15, 0.2) is 231 Å². The van der Waals surface area contributed by atoms with Crippen molar-refractivity contribution in [3.63, 3.8) is 0 Å². The van der Waals surface area contributed by atoms with E-state index in [-0.39, 0.29) is 102 Å². The molecule has 16 nitrogen and oxygen atoms in total. The van der Waals surface area contributed by atoms with E-state index in [2.05, 4.69) is 273 Å². The summed E-state index contributed by atoms with van der Waals surface area (Å²) < 4.78 is 35.1. The van der Waals surface area contributed by atoms with Crippen molar-refractivity contribution in [3.05, 3.63) is 289 Å². The van der Waals surface area contributed by atoms with Gasteiger partial charge < -0.3 is 58.7 Å². The van der Waals surface area contributed by atoms with E-state index in [0.717, 1.165) is 115 Å². The second-order valence-electron chi connectivity index (χ2n) is 35.7. The van der Waals surface area contributed by atoms with Crippen molar-refractivity contribution < 1.29 is 98.6 Å². The molecule has 0 bridgehead atoms. The van der Waals surface area contributed by atoms with Gasteiger partial charge in [-0.2, -0.15) is 0 Å². The zero-order valence-electron chi connectivity index (χ0n) is 80.0. The van der Waals surface area contributed by atoms with Gasteiger partial charge in [0.2, 0.25) is 0 Å². The summed E-state index contributed by atoms with van der Waals surface area (Å²) in [6.07, 6.45) is 37.6. The molecule has 1 aliphatic heterocycles. The number of pyridine rings is 2. The maximum absolute atomic E-state index is 9.00. The summed E-state index contributed by atoms with van der Waals surface area (Å²) in [6.45, 7) is 28.8. The Morgan fingerprint density at radius 3 is 1.07 bits per heavy atom. The van der Waals surface area contributed by atoms with E-state index in [0.29, 0.717) is 17.8 Å². The first-order valence-electron chi connectivity index (χ1n) is 45.0.